The van der Waals surface area contributed by atoms with Crippen LogP contribution in [0.5, 0.6) is 0 Å². The standard InChI is InChI=1S/C11H22N2O2S/c1-11(6-2-3-7-11)13-16(14,15)10-4-8-12-9-5-10/h10,12-13H,2-9H2,1H3. The van der Waals surface area contributed by atoms with Crippen molar-refractivity contribution >= 4 is 10.0 Å². The fraction of sp³-hybridized carbons (Fsp3) is 1.00. The zero-order valence-corrected chi connectivity index (χ0v) is 10.8. The van der Waals surface area contributed by atoms with Crippen LogP contribution in [0, 0.1) is 0 Å². The summed E-state index contributed by atoms with van der Waals surface area (Å²) in [6.45, 7) is 3.68. The van der Waals surface area contributed by atoms with Gasteiger partial charge in [0.25, 0.3) is 0 Å². The lowest BCUT2D eigenvalue weighted by atomic mass is 10.0. The molecule has 0 bridgehead atoms. The molecule has 5 heteroatoms. The average molecular weight is 246 g/mol. The van der Waals surface area contributed by atoms with Crippen LogP contribution in [-0.2, 0) is 10.0 Å². The van der Waals surface area contributed by atoms with E-state index in [-0.39, 0.29) is 10.8 Å². The zero-order valence-electron chi connectivity index (χ0n) is 9.96. The van der Waals surface area contributed by atoms with Crippen molar-refractivity contribution in [3.63, 3.8) is 0 Å². The molecule has 0 aromatic rings. The van der Waals surface area contributed by atoms with Crippen LogP contribution in [0.25, 0.3) is 0 Å². The van der Waals surface area contributed by atoms with Gasteiger partial charge in [0, 0.05) is 5.54 Å². The Morgan fingerprint density at radius 2 is 1.75 bits per heavy atom. The van der Waals surface area contributed by atoms with Crippen LogP contribution in [0.1, 0.15) is 45.4 Å². The van der Waals surface area contributed by atoms with Crippen molar-refractivity contribution in [2.24, 2.45) is 0 Å². The molecule has 1 saturated carbocycles. The molecule has 2 rings (SSSR count). The largest absolute Gasteiger partial charge is 0.317 e. The zero-order chi connectivity index (χ0) is 11.6. The summed E-state index contributed by atoms with van der Waals surface area (Å²) in [4.78, 5) is 0. The minimum absolute atomic E-state index is 0.177. The Bertz CT molecular complexity index is 328. The smallest absolute Gasteiger partial charge is 0.215 e. The van der Waals surface area contributed by atoms with Gasteiger partial charge in [-0.05, 0) is 45.7 Å². The van der Waals surface area contributed by atoms with E-state index in [0.717, 1.165) is 51.6 Å². The SMILES string of the molecule is CC1(NS(=O)(=O)C2CCNCC2)CCCC1. The van der Waals surface area contributed by atoms with Gasteiger partial charge in [0.05, 0.1) is 5.25 Å². The second-order valence-corrected chi connectivity index (χ2v) is 7.33. The molecule has 16 heavy (non-hydrogen) atoms. The number of rotatable bonds is 3. The summed E-state index contributed by atoms with van der Waals surface area (Å²) in [5, 5.41) is 3.01. The molecule has 0 aromatic heterocycles. The summed E-state index contributed by atoms with van der Waals surface area (Å²) in [6.07, 6.45) is 5.74. The molecule has 2 N–H and O–H groups in total. The molecule has 2 aliphatic rings. The third-order valence-electron chi connectivity index (χ3n) is 3.82. The number of hydrogen-bond donors (Lipinski definition) is 2. The molecule has 2 fully saturated rings. The van der Waals surface area contributed by atoms with E-state index in [1.165, 1.54) is 0 Å². The van der Waals surface area contributed by atoms with Crippen LogP contribution in [0.4, 0.5) is 0 Å². The molecule has 0 unspecified atom stereocenters. The highest BCUT2D eigenvalue weighted by Gasteiger charge is 2.36. The molecule has 0 aromatic carbocycles. The number of nitrogens with one attached hydrogen (secondary N) is 2. The maximum absolute atomic E-state index is 12.2. The van der Waals surface area contributed by atoms with Gasteiger partial charge in [-0.2, -0.15) is 0 Å². The van der Waals surface area contributed by atoms with E-state index in [0.29, 0.717) is 0 Å². The van der Waals surface area contributed by atoms with Crippen molar-refractivity contribution in [3.8, 4) is 0 Å². The molecule has 0 spiro atoms. The summed E-state index contributed by atoms with van der Waals surface area (Å²) < 4.78 is 27.4. The van der Waals surface area contributed by atoms with Crippen molar-refractivity contribution in [1.82, 2.24) is 10.0 Å². The van der Waals surface area contributed by atoms with E-state index in [4.69, 9.17) is 0 Å². The van der Waals surface area contributed by atoms with Gasteiger partial charge in [-0.3, -0.25) is 0 Å². The third kappa shape index (κ3) is 2.76. The van der Waals surface area contributed by atoms with Gasteiger partial charge >= 0.3 is 0 Å². The summed E-state index contributed by atoms with van der Waals surface area (Å²) in [5.41, 5.74) is -0.177. The Labute approximate surface area is 98.2 Å². The van der Waals surface area contributed by atoms with Gasteiger partial charge in [0.2, 0.25) is 10.0 Å². The van der Waals surface area contributed by atoms with Crippen LogP contribution >= 0.6 is 0 Å². The van der Waals surface area contributed by atoms with Crippen LogP contribution in [0.2, 0.25) is 0 Å². The Morgan fingerprint density at radius 3 is 2.31 bits per heavy atom. The minimum atomic E-state index is -3.12. The van der Waals surface area contributed by atoms with Crippen molar-refractivity contribution < 1.29 is 8.42 Å². The second-order valence-electron chi connectivity index (χ2n) is 5.36. The predicted molar refractivity (Wildman–Crippen MR) is 64.8 cm³/mol. The van der Waals surface area contributed by atoms with Gasteiger partial charge in [-0.25, -0.2) is 13.1 Å². The van der Waals surface area contributed by atoms with E-state index in [1.807, 2.05) is 6.92 Å². The van der Waals surface area contributed by atoms with Gasteiger partial charge in [0.1, 0.15) is 0 Å². The molecule has 4 nitrogen and oxygen atoms in total. The van der Waals surface area contributed by atoms with Crippen molar-refractivity contribution in [3.05, 3.63) is 0 Å². The van der Waals surface area contributed by atoms with E-state index in [2.05, 4.69) is 10.0 Å². The molecule has 0 atom stereocenters. The molecular formula is C11H22N2O2S. The van der Waals surface area contributed by atoms with E-state index >= 15 is 0 Å². The fourth-order valence-electron chi connectivity index (χ4n) is 2.79. The highest BCUT2D eigenvalue weighted by molar-refractivity contribution is 7.90. The monoisotopic (exact) mass is 246 g/mol. The van der Waals surface area contributed by atoms with Crippen molar-refractivity contribution in [2.75, 3.05) is 13.1 Å². The molecule has 1 aliphatic carbocycles. The maximum Gasteiger partial charge on any atom is 0.215 e. The van der Waals surface area contributed by atoms with Crippen molar-refractivity contribution in [2.45, 2.75) is 56.2 Å². The first kappa shape index (κ1) is 12.3. The lowest BCUT2D eigenvalue weighted by molar-refractivity contribution is 0.414. The second kappa shape index (κ2) is 4.63. The third-order valence-corrected chi connectivity index (χ3v) is 5.95. The van der Waals surface area contributed by atoms with Crippen LogP contribution in [0.15, 0.2) is 0 Å². The predicted octanol–water partition coefficient (Wildman–Crippen LogP) is 0.990. The Balaban J connectivity index is 2.01. The molecule has 94 valence electrons. The van der Waals surface area contributed by atoms with E-state index < -0.39 is 10.0 Å². The fourth-order valence-corrected chi connectivity index (χ4v) is 4.70. The summed E-state index contributed by atoms with van der Waals surface area (Å²) >= 11 is 0. The molecule has 1 aliphatic heterocycles. The first-order chi connectivity index (χ1) is 7.52. The highest BCUT2D eigenvalue weighted by Crippen LogP contribution is 2.30. The van der Waals surface area contributed by atoms with Crippen LogP contribution < -0.4 is 10.0 Å². The Morgan fingerprint density at radius 1 is 1.19 bits per heavy atom. The first-order valence-electron chi connectivity index (χ1n) is 6.25. The minimum Gasteiger partial charge on any atom is -0.317 e. The normalized spacial score (nSPS) is 27.1. The Kier molecular flexibility index (Phi) is 3.56. The molecular weight excluding hydrogens is 224 g/mol. The molecule has 1 heterocycles. The van der Waals surface area contributed by atoms with Gasteiger partial charge in [0.15, 0.2) is 0 Å². The first-order valence-corrected chi connectivity index (χ1v) is 7.80. The molecule has 0 amide bonds. The lowest BCUT2D eigenvalue weighted by Gasteiger charge is -2.30. The average Bonchev–Trinajstić information content (AvgIpc) is 2.65. The van der Waals surface area contributed by atoms with Crippen molar-refractivity contribution in [1.29, 1.82) is 0 Å². The number of sulfonamides is 1. The summed E-state index contributed by atoms with van der Waals surface area (Å²) in [7, 11) is -3.12. The lowest BCUT2D eigenvalue weighted by Crippen LogP contribution is -2.49. The topological polar surface area (TPSA) is 58.2 Å². The maximum atomic E-state index is 12.2. The Hall–Kier alpha value is -0.130. The summed E-state index contributed by atoms with van der Waals surface area (Å²) in [5.74, 6) is 0. The van der Waals surface area contributed by atoms with Gasteiger partial charge in [-0.1, -0.05) is 12.8 Å². The van der Waals surface area contributed by atoms with Crippen LogP contribution in [-0.4, -0.2) is 32.3 Å². The van der Waals surface area contributed by atoms with Gasteiger partial charge < -0.3 is 5.32 Å². The summed E-state index contributed by atoms with van der Waals surface area (Å²) in [6, 6.07) is 0. The highest BCUT2D eigenvalue weighted by atomic mass is 32.2. The van der Waals surface area contributed by atoms with Gasteiger partial charge in [-0.15, -0.1) is 0 Å². The van der Waals surface area contributed by atoms with E-state index in [9.17, 15) is 8.42 Å². The quantitative estimate of drug-likeness (QED) is 0.781. The molecule has 0 radical (unpaired) electrons. The number of piperidine rings is 1. The van der Waals surface area contributed by atoms with Crippen LogP contribution in [0.3, 0.4) is 0 Å². The van der Waals surface area contributed by atoms with E-state index in [1.54, 1.807) is 0 Å². The molecule has 1 saturated heterocycles. The number of hydrogen-bond acceptors (Lipinski definition) is 3.